The Morgan fingerprint density at radius 1 is 1.52 bits per heavy atom. The molecule has 1 aromatic rings. The highest BCUT2D eigenvalue weighted by Gasteiger charge is 2.27. The van der Waals surface area contributed by atoms with Gasteiger partial charge in [-0.2, -0.15) is 11.8 Å². The predicted octanol–water partition coefficient (Wildman–Crippen LogP) is 2.86. The molecule has 1 N–H and O–H groups in total. The van der Waals surface area contributed by atoms with E-state index in [0.29, 0.717) is 18.8 Å². The van der Waals surface area contributed by atoms with Gasteiger partial charge in [-0.15, -0.1) is 12.4 Å². The number of rotatable bonds is 5. The second kappa shape index (κ2) is 9.28. The first-order chi connectivity index (χ1) is 9.72. The molecule has 1 atom stereocenters. The number of amides is 1. The smallest absolute Gasteiger partial charge is 0.233 e. The van der Waals surface area contributed by atoms with Crippen molar-refractivity contribution in [3.63, 3.8) is 0 Å². The maximum absolute atomic E-state index is 13.4. The maximum atomic E-state index is 13.4. The van der Waals surface area contributed by atoms with Crippen LogP contribution in [0.15, 0.2) is 24.3 Å². The van der Waals surface area contributed by atoms with Crippen LogP contribution in [0, 0.1) is 5.82 Å². The van der Waals surface area contributed by atoms with Gasteiger partial charge in [0.1, 0.15) is 5.82 Å². The van der Waals surface area contributed by atoms with E-state index in [1.807, 2.05) is 11.0 Å². The topological polar surface area (TPSA) is 32.3 Å². The van der Waals surface area contributed by atoms with Crippen molar-refractivity contribution < 1.29 is 9.18 Å². The Morgan fingerprint density at radius 2 is 2.33 bits per heavy atom. The molecular formula is C15H22ClFN2OS. The van der Waals surface area contributed by atoms with E-state index < -0.39 is 0 Å². The van der Waals surface area contributed by atoms with Crippen molar-refractivity contribution in [2.45, 2.75) is 19.4 Å². The molecule has 0 saturated carbocycles. The number of carbonyl (C=O) groups is 1. The zero-order chi connectivity index (χ0) is 14.4. The van der Waals surface area contributed by atoms with Crippen molar-refractivity contribution in [1.29, 1.82) is 0 Å². The van der Waals surface area contributed by atoms with Gasteiger partial charge < -0.3 is 10.2 Å². The van der Waals surface area contributed by atoms with E-state index in [9.17, 15) is 9.18 Å². The van der Waals surface area contributed by atoms with E-state index in [4.69, 9.17) is 0 Å². The van der Waals surface area contributed by atoms with E-state index in [1.165, 1.54) is 12.1 Å². The standard InChI is InChI=1S/C15H21FN2OS.ClH/c1-2-8-20-11-15(19)18-7-6-17-10-14(18)12-4-3-5-13(16)9-12;/h3-5,9,14,17H,2,6-8,10-11H2,1H3;1H. The summed E-state index contributed by atoms with van der Waals surface area (Å²) in [6.07, 6.45) is 1.08. The lowest BCUT2D eigenvalue weighted by Gasteiger charge is -2.36. The van der Waals surface area contributed by atoms with Crippen LogP contribution in [0.3, 0.4) is 0 Å². The molecule has 1 heterocycles. The van der Waals surface area contributed by atoms with E-state index in [-0.39, 0.29) is 30.2 Å². The second-order valence-electron chi connectivity index (χ2n) is 4.91. The number of nitrogens with one attached hydrogen (secondary N) is 1. The molecule has 1 unspecified atom stereocenters. The Balaban J connectivity index is 0.00000220. The summed E-state index contributed by atoms with van der Waals surface area (Å²) < 4.78 is 13.4. The zero-order valence-electron chi connectivity index (χ0n) is 12.2. The first-order valence-electron chi connectivity index (χ1n) is 7.05. The van der Waals surface area contributed by atoms with Crippen LogP contribution in [0.25, 0.3) is 0 Å². The molecule has 6 heteroatoms. The fourth-order valence-corrected chi connectivity index (χ4v) is 3.17. The van der Waals surface area contributed by atoms with Crippen molar-refractivity contribution in [1.82, 2.24) is 10.2 Å². The van der Waals surface area contributed by atoms with E-state index >= 15 is 0 Å². The van der Waals surface area contributed by atoms with Crippen LogP contribution in [0.1, 0.15) is 24.9 Å². The SMILES string of the molecule is CCCSCC(=O)N1CCNCC1c1cccc(F)c1.Cl. The fraction of sp³-hybridized carbons (Fsp3) is 0.533. The highest BCUT2D eigenvalue weighted by molar-refractivity contribution is 7.99. The molecule has 0 aliphatic carbocycles. The number of halogens is 2. The van der Waals surface area contributed by atoms with Gasteiger partial charge in [0.25, 0.3) is 0 Å². The normalized spacial score (nSPS) is 18.2. The van der Waals surface area contributed by atoms with Gasteiger partial charge in [0, 0.05) is 19.6 Å². The summed E-state index contributed by atoms with van der Waals surface area (Å²) in [6.45, 7) is 4.29. The minimum absolute atomic E-state index is 0. The molecule has 0 radical (unpaired) electrons. The summed E-state index contributed by atoms with van der Waals surface area (Å²) in [5.41, 5.74) is 0.867. The highest BCUT2D eigenvalue weighted by Crippen LogP contribution is 2.23. The molecule has 1 amide bonds. The van der Waals surface area contributed by atoms with Crippen molar-refractivity contribution in [3.05, 3.63) is 35.6 Å². The lowest BCUT2D eigenvalue weighted by molar-refractivity contribution is -0.131. The molecule has 1 aliphatic heterocycles. The quantitative estimate of drug-likeness (QED) is 0.841. The van der Waals surface area contributed by atoms with Gasteiger partial charge in [0.15, 0.2) is 0 Å². The third kappa shape index (κ3) is 5.16. The Bertz CT molecular complexity index is 461. The largest absolute Gasteiger partial charge is 0.332 e. The van der Waals surface area contributed by atoms with Crippen LogP contribution in [-0.4, -0.2) is 41.9 Å². The van der Waals surface area contributed by atoms with Gasteiger partial charge in [-0.05, 0) is 29.9 Å². The van der Waals surface area contributed by atoms with Gasteiger partial charge in [-0.1, -0.05) is 19.1 Å². The lowest BCUT2D eigenvalue weighted by atomic mass is 10.0. The van der Waals surface area contributed by atoms with Crippen molar-refractivity contribution in [2.24, 2.45) is 0 Å². The number of hydrogen-bond donors (Lipinski definition) is 1. The molecule has 0 spiro atoms. The summed E-state index contributed by atoms with van der Waals surface area (Å²) in [7, 11) is 0. The molecule has 1 fully saturated rings. The highest BCUT2D eigenvalue weighted by atomic mass is 35.5. The average Bonchev–Trinajstić information content (AvgIpc) is 2.47. The molecule has 1 aromatic carbocycles. The maximum Gasteiger partial charge on any atom is 0.233 e. The van der Waals surface area contributed by atoms with Gasteiger partial charge in [0.05, 0.1) is 11.8 Å². The molecular weight excluding hydrogens is 311 g/mol. The Labute approximate surface area is 136 Å². The summed E-state index contributed by atoms with van der Waals surface area (Å²) in [6, 6.07) is 6.49. The van der Waals surface area contributed by atoms with Crippen LogP contribution in [0.5, 0.6) is 0 Å². The fourth-order valence-electron chi connectivity index (χ4n) is 2.40. The molecule has 0 aromatic heterocycles. The first kappa shape index (κ1) is 18.3. The van der Waals surface area contributed by atoms with E-state index in [0.717, 1.165) is 24.3 Å². The van der Waals surface area contributed by atoms with Gasteiger partial charge in [-0.25, -0.2) is 4.39 Å². The average molecular weight is 333 g/mol. The summed E-state index contributed by atoms with van der Waals surface area (Å²) in [4.78, 5) is 14.2. The second-order valence-corrected chi connectivity index (χ2v) is 6.02. The predicted molar refractivity (Wildman–Crippen MR) is 88.6 cm³/mol. The van der Waals surface area contributed by atoms with E-state index in [2.05, 4.69) is 12.2 Å². The number of hydrogen-bond acceptors (Lipinski definition) is 3. The van der Waals surface area contributed by atoms with Crippen LogP contribution in [0.4, 0.5) is 4.39 Å². The van der Waals surface area contributed by atoms with Gasteiger partial charge in [0.2, 0.25) is 5.91 Å². The monoisotopic (exact) mass is 332 g/mol. The number of thioether (sulfide) groups is 1. The zero-order valence-corrected chi connectivity index (χ0v) is 13.8. The molecule has 1 aliphatic rings. The molecule has 2 rings (SSSR count). The Hall–Kier alpha value is -0.780. The Kier molecular flexibility index (Phi) is 8.07. The molecule has 118 valence electrons. The molecule has 0 bridgehead atoms. The van der Waals surface area contributed by atoms with E-state index in [1.54, 1.807) is 17.8 Å². The molecule has 21 heavy (non-hydrogen) atoms. The molecule has 1 saturated heterocycles. The number of benzene rings is 1. The first-order valence-corrected chi connectivity index (χ1v) is 8.21. The van der Waals surface area contributed by atoms with Crippen LogP contribution in [-0.2, 0) is 4.79 Å². The summed E-state index contributed by atoms with van der Waals surface area (Å²) in [5, 5.41) is 3.28. The van der Waals surface area contributed by atoms with Crippen molar-refractivity contribution in [2.75, 3.05) is 31.1 Å². The number of carbonyl (C=O) groups excluding carboxylic acids is 1. The van der Waals surface area contributed by atoms with Gasteiger partial charge in [-0.3, -0.25) is 4.79 Å². The minimum atomic E-state index is -0.249. The summed E-state index contributed by atoms with van der Waals surface area (Å²) in [5.74, 6) is 1.42. The number of piperazine rings is 1. The third-order valence-corrected chi connectivity index (χ3v) is 4.52. The van der Waals surface area contributed by atoms with Crippen LogP contribution < -0.4 is 5.32 Å². The minimum Gasteiger partial charge on any atom is -0.332 e. The van der Waals surface area contributed by atoms with Crippen molar-refractivity contribution >= 4 is 30.1 Å². The van der Waals surface area contributed by atoms with Crippen molar-refractivity contribution in [3.8, 4) is 0 Å². The Morgan fingerprint density at radius 3 is 3.05 bits per heavy atom. The van der Waals surface area contributed by atoms with Crippen LogP contribution >= 0.6 is 24.2 Å². The lowest BCUT2D eigenvalue weighted by Crippen LogP contribution is -2.49. The summed E-state index contributed by atoms with van der Waals surface area (Å²) >= 11 is 1.67. The number of nitrogens with zero attached hydrogens (tertiary/aromatic N) is 1. The van der Waals surface area contributed by atoms with Crippen LogP contribution in [0.2, 0.25) is 0 Å². The third-order valence-electron chi connectivity index (χ3n) is 3.37. The molecule has 3 nitrogen and oxygen atoms in total. The van der Waals surface area contributed by atoms with Gasteiger partial charge >= 0.3 is 0 Å².